The molecule has 3 aromatic rings. The highest BCUT2D eigenvalue weighted by Gasteiger charge is 2.34. The second-order valence-corrected chi connectivity index (χ2v) is 9.37. The molecule has 2 heterocycles. The molecule has 0 saturated carbocycles. The van der Waals surface area contributed by atoms with Crippen LogP contribution in [0, 0.1) is 6.92 Å². The largest absolute Gasteiger partial charge is 0.341 e. The van der Waals surface area contributed by atoms with Crippen molar-refractivity contribution in [1.82, 2.24) is 10.2 Å². The molecule has 1 atom stereocenters. The maximum Gasteiger partial charge on any atom is 0.320 e. The molecule has 7 heteroatoms. The van der Waals surface area contributed by atoms with Crippen molar-refractivity contribution in [2.75, 3.05) is 29.9 Å². The van der Waals surface area contributed by atoms with E-state index in [1.165, 1.54) is 4.90 Å². The first kappa shape index (κ1) is 24.3. The molecular weight excluding hydrogens is 464 g/mol. The van der Waals surface area contributed by atoms with Gasteiger partial charge in [-0.25, -0.2) is 4.79 Å². The molecule has 2 aliphatic heterocycles. The average molecular weight is 495 g/mol. The zero-order valence-corrected chi connectivity index (χ0v) is 20.8. The SMILES string of the molecule is Cc1ccccc1NC(=O)NC1C=C(c2ccccc2)c2ccccc2N(CC(=O)N2CCCC2)C1=O. The van der Waals surface area contributed by atoms with Gasteiger partial charge in [0.15, 0.2) is 0 Å². The van der Waals surface area contributed by atoms with Crippen LogP contribution >= 0.6 is 0 Å². The Morgan fingerprint density at radius 2 is 1.57 bits per heavy atom. The molecule has 0 aromatic heterocycles. The summed E-state index contributed by atoms with van der Waals surface area (Å²) in [5, 5.41) is 5.70. The molecule has 1 fully saturated rings. The number of anilines is 2. The fraction of sp³-hybridized carbons (Fsp3) is 0.233. The van der Waals surface area contributed by atoms with Gasteiger partial charge in [0.25, 0.3) is 5.91 Å². The fourth-order valence-corrected chi connectivity index (χ4v) is 4.90. The van der Waals surface area contributed by atoms with Crippen LogP contribution in [-0.2, 0) is 9.59 Å². The van der Waals surface area contributed by atoms with E-state index in [2.05, 4.69) is 10.6 Å². The first-order valence-electron chi connectivity index (χ1n) is 12.6. The number of carbonyl (C=O) groups is 3. The quantitative estimate of drug-likeness (QED) is 0.545. The Morgan fingerprint density at radius 1 is 0.892 bits per heavy atom. The van der Waals surface area contributed by atoms with Crippen molar-refractivity contribution in [3.8, 4) is 0 Å². The van der Waals surface area contributed by atoms with Crippen molar-refractivity contribution in [2.45, 2.75) is 25.8 Å². The number of para-hydroxylation sites is 2. The van der Waals surface area contributed by atoms with Crippen LogP contribution in [0.5, 0.6) is 0 Å². The van der Waals surface area contributed by atoms with Gasteiger partial charge in [-0.1, -0.05) is 66.7 Å². The number of rotatable bonds is 5. The number of aryl methyl sites for hydroxylation is 1. The van der Waals surface area contributed by atoms with Gasteiger partial charge in [-0.2, -0.15) is 0 Å². The lowest BCUT2D eigenvalue weighted by Crippen LogP contribution is -2.51. The van der Waals surface area contributed by atoms with Crippen molar-refractivity contribution in [3.05, 3.63) is 102 Å². The van der Waals surface area contributed by atoms with E-state index < -0.39 is 12.1 Å². The second-order valence-electron chi connectivity index (χ2n) is 9.37. The molecule has 1 saturated heterocycles. The summed E-state index contributed by atoms with van der Waals surface area (Å²) >= 11 is 0. The van der Waals surface area contributed by atoms with Gasteiger partial charge in [-0.05, 0) is 54.7 Å². The smallest absolute Gasteiger partial charge is 0.320 e. The normalized spacial score (nSPS) is 17.1. The molecule has 1 unspecified atom stereocenters. The molecule has 3 aromatic carbocycles. The lowest BCUT2D eigenvalue weighted by atomic mass is 9.95. The molecule has 0 spiro atoms. The standard InChI is InChI=1S/C30H30N4O3/c1-21-11-5-7-15-25(21)31-30(37)32-26-19-24(22-12-3-2-4-13-22)23-14-6-8-16-27(23)34(29(26)36)20-28(35)33-17-9-10-18-33/h2-8,11-16,19,26H,9-10,17-18,20H2,1H3,(H2,31,32,37). The van der Waals surface area contributed by atoms with Gasteiger partial charge >= 0.3 is 6.03 Å². The van der Waals surface area contributed by atoms with E-state index in [-0.39, 0.29) is 18.4 Å². The van der Waals surface area contributed by atoms with E-state index in [0.29, 0.717) is 24.5 Å². The minimum Gasteiger partial charge on any atom is -0.341 e. The van der Waals surface area contributed by atoms with Crippen LogP contribution in [-0.4, -0.2) is 48.4 Å². The predicted molar refractivity (Wildman–Crippen MR) is 145 cm³/mol. The predicted octanol–water partition coefficient (Wildman–Crippen LogP) is 4.59. The van der Waals surface area contributed by atoms with Crippen molar-refractivity contribution in [2.24, 2.45) is 0 Å². The topological polar surface area (TPSA) is 81.8 Å². The Bertz CT molecular complexity index is 1350. The number of carbonyl (C=O) groups excluding carboxylic acids is 3. The van der Waals surface area contributed by atoms with E-state index in [1.807, 2.05) is 85.8 Å². The van der Waals surface area contributed by atoms with Gasteiger partial charge in [0.1, 0.15) is 12.6 Å². The van der Waals surface area contributed by atoms with Crippen LogP contribution in [0.25, 0.3) is 5.57 Å². The number of benzene rings is 3. The molecule has 37 heavy (non-hydrogen) atoms. The van der Waals surface area contributed by atoms with Crippen LogP contribution < -0.4 is 15.5 Å². The molecule has 0 bridgehead atoms. The van der Waals surface area contributed by atoms with Crippen molar-refractivity contribution in [3.63, 3.8) is 0 Å². The summed E-state index contributed by atoms with van der Waals surface area (Å²) in [6.45, 7) is 3.23. The Kier molecular flexibility index (Phi) is 7.03. The van der Waals surface area contributed by atoms with E-state index in [0.717, 1.165) is 35.1 Å². The summed E-state index contributed by atoms with van der Waals surface area (Å²) in [5.74, 6) is -0.446. The molecule has 0 aliphatic carbocycles. The first-order valence-corrected chi connectivity index (χ1v) is 12.6. The minimum atomic E-state index is -0.974. The highest BCUT2D eigenvalue weighted by molar-refractivity contribution is 6.10. The summed E-state index contributed by atoms with van der Waals surface area (Å²) in [5.41, 5.74) is 4.80. The summed E-state index contributed by atoms with van der Waals surface area (Å²) in [6.07, 6.45) is 3.73. The van der Waals surface area contributed by atoms with Crippen molar-refractivity contribution < 1.29 is 14.4 Å². The van der Waals surface area contributed by atoms with Crippen LogP contribution in [0.15, 0.2) is 84.9 Å². The second kappa shape index (κ2) is 10.7. The first-order chi connectivity index (χ1) is 18.0. The van der Waals surface area contributed by atoms with E-state index >= 15 is 0 Å². The summed E-state index contributed by atoms with van der Waals surface area (Å²) in [4.78, 5) is 43.5. The van der Waals surface area contributed by atoms with E-state index in [9.17, 15) is 14.4 Å². The number of nitrogens with one attached hydrogen (secondary N) is 2. The third-order valence-corrected chi connectivity index (χ3v) is 6.87. The molecule has 2 aliphatic rings. The molecule has 7 nitrogen and oxygen atoms in total. The van der Waals surface area contributed by atoms with Crippen molar-refractivity contribution in [1.29, 1.82) is 0 Å². The van der Waals surface area contributed by atoms with E-state index in [1.54, 1.807) is 11.0 Å². The Balaban J connectivity index is 1.52. The summed E-state index contributed by atoms with van der Waals surface area (Å²) in [7, 11) is 0. The molecule has 2 N–H and O–H groups in total. The maximum absolute atomic E-state index is 14.0. The number of hydrogen-bond acceptors (Lipinski definition) is 3. The van der Waals surface area contributed by atoms with Gasteiger partial charge in [0, 0.05) is 24.3 Å². The number of fused-ring (bicyclic) bond motifs is 1. The van der Waals surface area contributed by atoms with Gasteiger partial charge < -0.3 is 20.4 Å². The maximum atomic E-state index is 14.0. The monoisotopic (exact) mass is 494 g/mol. The van der Waals surface area contributed by atoms with Gasteiger partial charge in [-0.15, -0.1) is 0 Å². The fourth-order valence-electron chi connectivity index (χ4n) is 4.90. The van der Waals surface area contributed by atoms with Crippen LogP contribution in [0.1, 0.15) is 29.5 Å². The Hall–Kier alpha value is -4.39. The molecular formula is C30H30N4O3. The minimum absolute atomic E-state index is 0.0800. The molecule has 188 valence electrons. The van der Waals surface area contributed by atoms with E-state index in [4.69, 9.17) is 0 Å². The summed E-state index contributed by atoms with van der Waals surface area (Å²) in [6, 6.07) is 23.3. The highest BCUT2D eigenvalue weighted by Crippen LogP contribution is 2.35. The number of urea groups is 1. The third-order valence-electron chi connectivity index (χ3n) is 6.87. The number of nitrogens with zero attached hydrogens (tertiary/aromatic N) is 2. The van der Waals surface area contributed by atoms with Crippen LogP contribution in [0.3, 0.4) is 0 Å². The van der Waals surface area contributed by atoms with Gasteiger partial charge in [-0.3, -0.25) is 9.59 Å². The Morgan fingerprint density at radius 3 is 2.32 bits per heavy atom. The molecule has 4 amide bonds. The zero-order chi connectivity index (χ0) is 25.8. The lowest BCUT2D eigenvalue weighted by Gasteiger charge is -2.27. The average Bonchev–Trinajstić information content (AvgIpc) is 3.43. The number of likely N-dealkylation sites (tertiary alicyclic amines) is 1. The number of amides is 4. The highest BCUT2D eigenvalue weighted by atomic mass is 16.2. The molecule has 0 radical (unpaired) electrons. The lowest BCUT2D eigenvalue weighted by molar-refractivity contribution is -0.130. The van der Waals surface area contributed by atoms with Gasteiger partial charge in [0.2, 0.25) is 5.91 Å². The van der Waals surface area contributed by atoms with Gasteiger partial charge in [0.05, 0.1) is 5.69 Å². The van der Waals surface area contributed by atoms with Crippen molar-refractivity contribution >= 4 is 34.8 Å². The zero-order valence-electron chi connectivity index (χ0n) is 20.8. The van der Waals surface area contributed by atoms with Crippen LogP contribution in [0.2, 0.25) is 0 Å². The van der Waals surface area contributed by atoms with Crippen LogP contribution in [0.4, 0.5) is 16.2 Å². The summed E-state index contributed by atoms with van der Waals surface area (Å²) < 4.78 is 0. The number of hydrogen-bond donors (Lipinski definition) is 2. The molecule has 5 rings (SSSR count). The Labute approximate surface area is 216 Å². The third kappa shape index (κ3) is 5.26.